The van der Waals surface area contributed by atoms with Crippen molar-refractivity contribution in [1.82, 2.24) is 0 Å². The van der Waals surface area contributed by atoms with Gasteiger partial charge in [-0.1, -0.05) is 52.4 Å². The Kier molecular flexibility index (Phi) is 7.44. The molecule has 112 valence electrons. The van der Waals surface area contributed by atoms with E-state index in [4.69, 9.17) is 4.74 Å². The van der Waals surface area contributed by atoms with E-state index >= 15 is 0 Å². The molecule has 0 aromatic rings. The zero-order valence-corrected chi connectivity index (χ0v) is 12.6. The fourth-order valence-corrected chi connectivity index (χ4v) is 2.89. The van der Waals surface area contributed by atoms with E-state index in [1.54, 1.807) is 0 Å². The summed E-state index contributed by atoms with van der Waals surface area (Å²) in [6, 6.07) is 0. The smallest absolute Gasteiger partial charge is 0.308 e. The van der Waals surface area contributed by atoms with E-state index in [9.17, 15) is 9.90 Å². The van der Waals surface area contributed by atoms with Gasteiger partial charge in [-0.2, -0.15) is 0 Å². The van der Waals surface area contributed by atoms with Crippen LogP contribution >= 0.6 is 0 Å². The number of carbonyl (C=O) groups is 1. The van der Waals surface area contributed by atoms with Crippen LogP contribution in [-0.2, 0) is 9.53 Å². The molecule has 0 aromatic carbocycles. The van der Waals surface area contributed by atoms with Gasteiger partial charge >= 0.3 is 5.97 Å². The summed E-state index contributed by atoms with van der Waals surface area (Å²) in [5.41, 5.74) is -0.806. The number of hydrogen-bond acceptors (Lipinski definition) is 3. The van der Waals surface area contributed by atoms with Crippen molar-refractivity contribution in [2.24, 2.45) is 0 Å². The van der Waals surface area contributed by atoms with Crippen molar-refractivity contribution in [3.8, 4) is 0 Å². The van der Waals surface area contributed by atoms with E-state index in [0.717, 1.165) is 32.1 Å². The summed E-state index contributed by atoms with van der Waals surface area (Å²) in [5, 5.41) is 10.6. The van der Waals surface area contributed by atoms with Crippen molar-refractivity contribution in [2.45, 2.75) is 96.2 Å². The molecular formula is C16H30O3. The van der Waals surface area contributed by atoms with E-state index in [-0.39, 0.29) is 18.5 Å². The van der Waals surface area contributed by atoms with E-state index in [1.807, 2.05) is 0 Å². The van der Waals surface area contributed by atoms with Crippen LogP contribution in [-0.4, -0.2) is 22.8 Å². The second kappa shape index (κ2) is 8.57. The average Bonchev–Trinajstić information content (AvgIpc) is 2.34. The highest BCUT2D eigenvalue weighted by molar-refractivity contribution is 5.71. The molecule has 1 fully saturated rings. The van der Waals surface area contributed by atoms with E-state index in [2.05, 4.69) is 13.8 Å². The lowest BCUT2D eigenvalue weighted by molar-refractivity contribution is -0.171. The van der Waals surface area contributed by atoms with Gasteiger partial charge in [0, 0.05) is 6.42 Å². The van der Waals surface area contributed by atoms with Crippen molar-refractivity contribution in [2.75, 3.05) is 0 Å². The van der Waals surface area contributed by atoms with Crippen LogP contribution in [0.2, 0.25) is 0 Å². The number of ether oxygens (including phenoxy) is 1. The first-order valence-electron chi connectivity index (χ1n) is 8.01. The van der Waals surface area contributed by atoms with Crippen molar-refractivity contribution >= 4 is 5.97 Å². The Morgan fingerprint density at radius 3 is 2.53 bits per heavy atom. The van der Waals surface area contributed by atoms with Gasteiger partial charge in [0.25, 0.3) is 0 Å². The van der Waals surface area contributed by atoms with Crippen molar-refractivity contribution < 1.29 is 14.6 Å². The first-order valence-corrected chi connectivity index (χ1v) is 8.01. The quantitative estimate of drug-likeness (QED) is 0.509. The number of aliphatic hydroxyl groups is 1. The third kappa shape index (κ3) is 6.42. The zero-order valence-electron chi connectivity index (χ0n) is 12.6. The lowest BCUT2D eigenvalue weighted by atomic mass is 9.84. The molecule has 2 atom stereocenters. The van der Waals surface area contributed by atoms with Crippen molar-refractivity contribution in [3.05, 3.63) is 0 Å². The molecule has 0 saturated carbocycles. The minimum atomic E-state index is -0.806. The molecule has 0 spiro atoms. The highest BCUT2D eigenvalue weighted by Crippen LogP contribution is 2.32. The first-order chi connectivity index (χ1) is 9.09. The molecule has 0 aliphatic carbocycles. The van der Waals surface area contributed by atoms with Crippen LogP contribution in [0, 0.1) is 0 Å². The van der Waals surface area contributed by atoms with Crippen LogP contribution in [0.1, 0.15) is 84.5 Å². The Bertz CT molecular complexity index is 265. The zero-order chi connectivity index (χ0) is 14.1. The molecule has 0 radical (unpaired) electrons. The SMILES string of the molecule is CCCCCCC1(O)CC(=O)OC(CCCCC)C1. The molecule has 1 saturated heterocycles. The molecule has 1 rings (SSSR count). The van der Waals surface area contributed by atoms with Gasteiger partial charge < -0.3 is 9.84 Å². The van der Waals surface area contributed by atoms with Gasteiger partial charge in [-0.05, 0) is 19.3 Å². The van der Waals surface area contributed by atoms with Gasteiger partial charge in [-0.15, -0.1) is 0 Å². The number of esters is 1. The molecule has 3 nitrogen and oxygen atoms in total. The van der Waals surface area contributed by atoms with Crippen molar-refractivity contribution in [1.29, 1.82) is 0 Å². The second-order valence-electron chi connectivity index (χ2n) is 6.02. The molecule has 2 unspecified atom stereocenters. The Labute approximate surface area is 117 Å². The third-order valence-corrected chi connectivity index (χ3v) is 4.00. The van der Waals surface area contributed by atoms with Crippen molar-refractivity contribution in [3.63, 3.8) is 0 Å². The van der Waals surface area contributed by atoms with Gasteiger partial charge in [0.2, 0.25) is 0 Å². The van der Waals surface area contributed by atoms with Gasteiger partial charge in [-0.25, -0.2) is 0 Å². The summed E-state index contributed by atoms with van der Waals surface area (Å²) in [7, 11) is 0. The number of hydrogen-bond donors (Lipinski definition) is 1. The lowest BCUT2D eigenvalue weighted by Crippen LogP contribution is -2.43. The Morgan fingerprint density at radius 2 is 1.84 bits per heavy atom. The van der Waals surface area contributed by atoms with Crippen LogP contribution < -0.4 is 0 Å². The largest absolute Gasteiger partial charge is 0.462 e. The molecule has 3 heteroatoms. The van der Waals surface area contributed by atoms with Crippen LogP contribution in [0.3, 0.4) is 0 Å². The monoisotopic (exact) mass is 270 g/mol. The summed E-state index contributed by atoms with van der Waals surface area (Å²) in [6.45, 7) is 4.34. The first kappa shape index (κ1) is 16.5. The van der Waals surface area contributed by atoms with Gasteiger partial charge in [0.05, 0.1) is 12.0 Å². The second-order valence-corrected chi connectivity index (χ2v) is 6.02. The predicted molar refractivity (Wildman–Crippen MR) is 77.0 cm³/mol. The van der Waals surface area contributed by atoms with E-state index < -0.39 is 5.60 Å². The topological polar surface area (TPSA) is 46.5 Å². The third-order valence-electron chi connectivity index (χ3n) is 4.00. The molecule has 1 heterocycles. The fraction of sp³-hybridized carbons (Fsp3) is 0.938. The number of cyclic esters (lactones) is 1. The summed E-state index contributed by atoms with van der Waals surface area (Å²) in [6.07, 6.45) is 10.4. The van der Waals surface area contributed by atoms with Crippen LogP contribution in [0.5, 0.6) is 0 Å². The minimum Gasteiger partial charge on any atom is -0.462 e. The van der Waals surface area contributed by atoms with E-state index in [1.165, 1.54) is 25.7 Å². The van der Waals surface area contributed by atoms with E-state index in [0.29, 0.717) is 6.42 Å². The highest BCUT2D eigenvalue weighted by atomic mass is 16.5. The van der Waals surface area contributed by atoms with Crippen LogP contribution in [0.4, 0.5) is 0 Å². The van der Waals surface area contributed by atoms with Gasteiger partial charge in [0.1, 0.15) is 6.10 Å². The maximum absolute atomic E-state index is 11.6. The van der Waals surface area contributed by atoms with Gasteiger partial charge in [-0.3, -0.25) is 4.79 Å². The average molecular weight is 270 g/mol. The Morgan fingerprint density at radius 1 is 1.16 bits per heavy atom. The molecular weight excluding hydrogens is 240 g/mol. The van der Waals surface area contributed by atoms with Gasteiger partial charge in [0.15, 0.2) is 0 Å². The maximum Gasteiger partial charge on any atom is 0.308 e. The lowest BCUT2D eigenvalue weighted by Gasteiger charge is -2.36. The molecule has 0 aromatic heterocycles. The molecule has 1 aliphatic rings. The Balaban J connectivity index is 2.36. The highest BCUT2D eigenvalue weighted by Gasteiger charge is 2.39. The number of unbranched alkanes of at least 4 members (excludes halogenated alkanes) is 5. The fourth-order valence-electron chi connectivity index (χ4n) is 2.89. The maximum atomic E-state index is 11.6. The molecule has 19 heavy (non-hydrogen) atoms. The summed E-state index contributed by atoms with van der Waals surface area (Å²) >= 11 is 0. The molecule has 1 N–H and O–H groups in total. The predicted octanol–water partition coefficient (Wildman–Crippen LogP) is 3.97. The van der Waals surface area contributed by atoms with Crippen LogP contribution in [0.15, 0.2) is 0 Å². The summed E-state index contributed by atoms with van der Waals surface area (Å²) in [4.78, 5) is 11.6. The summed E-state index contributed by atoms with van der Waals surface area (Å²) < 4.78 is 5.36. The standard InChI is InChI=1S/C16H30O3/c1-3-5-7-9-11-16(18)12-14(10-8-6-4-2)19-15(17)13-16/h14,18H,3-13H2,1-2H3. The minimum absolute atomic E-state index is 0.0658. The molecule has 0 bridgehead atoms. The normalized spacial score (nSPS) is 27.3. The number of carbonyl (C=O) groups excluding carboxylic acids is 1. The summed E-state index contributed by atoms with van der Waals surface area (Å²) in [5.74, 6) is -0.217. The molecule has 0 amide bonds. The molecule has 1 aliphatic heterocycles. The number of rotatable bonds is 9. The van der Waals surface area contributed by atoms with Crippen LogP contribution in [0.25, 0.3) is 0 Å². The Hall–Kier alpha value is -0.570.